The van der Waals surface area contributed by atoms with Gasteiger partial charge in [0.25, 0.3) is 0 Å². The Morgan fingerprint density at radius 3 is 1.95 bits per heavy atom. The number of alkyl halides is 1. The van der Waals surface area contributed by atoms with E-state index in [1.54, 1.807) is 0 Å². The molecule has 0 bridgehead atoms. The maximum Gasteiger partial charge on any atom is 0.0614 e. The van der Waals surface area contributed by atoms with Crippen LogP contribution in [0.3, 0.4) is 0 Å². The van der Waals surface area contributed by atoms with E-state index in [-0.39, 0.29) is 12.4 Å². The Hall–Kier alpha value is -1.02. The molecule has 0 aromatic heterocycles. The zero-order chi connectivity index (χ0) is 14.7. The van der Waals surface area contributed by atoms with Crippen LogP contribution >= 0.6 is 24.0 Å². The van der Waals surface area contributed by atoms with E-state index in [0.717, 1.165) is 13.1 Å². The lowest BCUT2D eigenvalue weighted by molar-refractivity contribution is 0.239. The number of rotatable bonds is 6. The van der Waals surface area contributed by atoms with E-state index < -0.39 is 0 Å². The fourth-order valence-electron chi connectivity index (χ4n) is 3.36. The Balaban J connectivity index is 0.00000176. The van der Waals surface area contributed by atoms with E-state index in [0.29, 0.717) is 11.9 Å². The van der Waals surface area contributed by atoms with Gasteiger partial charge in [0.05, 0.1) is 6.04 Å². The van der Waals surface area contributed by atoms with Crippen LogP contribution in [0.4, 0.5) is 0 Å². The average Bonchev–Trinajstić information content (AvgIpc) is 2.86. The molecule has 0 aliphatic heterocycles. The Labute approximate surface area is 144 Å². The van der Waals surface area contributed by atoms with Crippen LogP contribution < -0.4 is 0 Å². The van der Waals surface area contributed by atoms with Gasteiger partial charge in [-0.1, -0.05) is 61.9 Å². The molecule has 1 aliphatic carbocycles. The second-order valence-corrected chi connectivity index (χ2v) is 6.03. The maximum atomic E-state index is 6.07. The van der Waals surface area contributed by atoms with Gasteiger partial charge < -0.3 is 0 Å². The summed E-state index contributed by atoms with van der Waals surface area (Å²) in [5, 5.41) is 0. The number of nitrogens with zero attached hydrogens (tertiary/aromatic N) is 1. The highest BCUT2D eigenvalue weighted by atomic mass is 35.5. The second kappa shape index (κ2) is 8.01. The third kappa shape index (κ3) is 3.17. The summed E-state index contributed by atoms with van der Waals surface area (Å²) in [5.41, 5.74) is 5.63. The summed E-state index contributed by atoms with van der Waals surface area (Å²) < 4.78 is 0. The summed E-state index contributed by atoms with van der Waals surface area (Å²) in [5.74, 6) is 0.685. The number of benzene rings is 2. The summed E-state index contributed by atoms with van der Waals surface area (Å²) >= 11 is 6.07. The molecule has 2 aromatic rings. The molecule has 0 N–H and O–H groups in total. The first-order valence-corrected chi connectivity index (χ1v) is 8.38. The van der Waals surface area contributed by atoms with E-state index in [1.807, 2.05) is 0 Å². The number of hydrogen-bond acceptors (Lipinski definition) is 1. The highest BCUT2D eigenvalue weighted by molar-refractivity contribution is 6.18. The lowest BCUT2D eigenvalue weighted by atomic mass is 10.0. The van der Waals surface area contributed by atoms with Crippen molar-refractivity contribution in [1.29, 1.82) is 0 Å². The van der Waals surface area contributed by atoms with Crippen LogP contribution in [-0.4, -0.2) is 23.9 Å². The van der Waals surface area contributed by atoms with Gasteiger partial charge in [0.2, 0.25) is 0 Å². The molecule has 0 amide bonds. The first-order valence-electron chi connectivity index (χ1n) is 7.85. The molecular formula is C19H23Cl2N. The highest BCUT2D eigenvalue weighted by Gasteiger charge is 2.31. The van der Waals surface area contributed by atoms with Gasteiger partial charge in [-0.2, -0.15) is 0 Å². The smallest absolute Gasteiger partial charge is 0.0614 e. The number of halogens is 2. The molecule has 2 aromatic carbocycles. The van der Waals surface area contributed by atoms with Crippen molar-refractivity contribution in [3.63, 3.8) is 0 Å². The van der Waals surface area contributed by atoms with E-state index in [4.69, 9.17) is 11.6 Å². The molecule has 1 aliphatic rings. The van der Waals surface area contributed by atoms with Gasteiger partial charge in [0.15, 0.2) is 0 Å². The van der Waals surface area contributed by atoms with E-state index in [2.05, 4.69) is 60.4 Å². The van der Waals surface area contributed by atoms with Gasteiger partial charge in [-0.05, 0) is 35.2 Å². The SMILES string of the molecule is CCCCN(CCCl)C1c2ccccc2-c2ccccc21.Cl. The molecule has 1 nitrogen and oxygen atoms in total. The molecular weight excluding hydrogens is 313 g/mol. The quantitative estimate of drug-likeness (QED) is 0.628. The third-order valence-electron chi connectivity index (χ3n) is 4.34. The molecule has 3 heteroatoms. The maximum absolute atomic E-state index is 6.07. The van der Waals surface area contributed by atoms with Gasteiger partial charge in [0.1, 0.15) is 0 Å². The van der Waals surface area contributed by atoms with Crippen LogP contribution in [0.15, 0.2) is 48.5 Å². The Kier molecular flexibility index (Phi) is 6.31. The molecule has 22 heavy (non-hydrogen) atoms. The van der Waals surface area contributed by atoms with Gasteiger partial charge >= 0.3 is 0 Å². The fourth-order valence-corrected chi connectivity index (χ4v) is 3.58. The number of hydrogen-bond donors (Lipinski definition) is 0. The summed E-state index contributed by atoms with van der Waals surface area (Å²) in [6, 6.07) is 18.0. The standard InChI is InChI=1S/C19H22ClN.ClH/c1-2-3-13-21(14-12-20)19-17-10-6-4-8-15(17)16-9-5-7-11-18(16)19;/h4-11,19H,2-3,12-14H2,1H3;1H. The molecule has 0 unspecified atom stereocenters. The summed E-state index contributed by atoms with van der Waals surface area (Å²) in [6.45, 7) is 4.29. The van der Waals surface area contributed by atoms with Crippen molar-refractivity contribution in [3.8, 4) is 11.1 Å². The van der Waals surface area contributed by atoms with Crippen molar-refractivity contribution >= 4 is 24.0 Å². The fraction of sp³-hybridized carbons (Fsp3) is 0.368. The second-order valence-electron chi connectivity index (χ2n) is 5.66. The van der Waals surface area contributed by atoms with Crippen LogP contribution in [0.2, 0.25) is 0 Å². The topological polar surface area (TPSA) is 3.24 Å². The molecule has 0 saturated carbocycles. The van der Waals surface area contributed by atoms with Crippen molar-refractivity contribution < 1.29 is 0 Å². The molecule has 3 rings (SSSR count). The predicted octanol–water partition coefficient (Wildman–Crippen LogP) is 5.52. The monoisotopic (exact) mass is 335 g/mol. The molecule has 0 radical (unpaired) electrons. The van der Waals surface area contributed by atoms with Crippen molar-refractivity contribution in [3.05, 3.63) is 59.7 Å². The van der Waals surface area contributed by atoms with Crippen LogP contribution in [0.25, 0.3) is 11.1 Å². The molecule has 0 heterocycles. The molecule has 0 fully saturated rings. The summed E-state index contributed by atoms with van der Waals surface area (Å²) in [7, 11) is 0. The van der Waals surface area contributed by atoms with Crippen molar-refractivity contribution in [1.82, 2.24) is 4.90 Å². The predicted molar refractivity (Wildman–Crippen MR) is 98.2 cm³/mol. The van der Waals surface area contributed by atoms with Crippen LogP contribution in [0, 0.1) is 0 Å². The van der Waals surface area contributed by atoms with Crippen molar-refractivity contribution in [2.45, 2.75) is 25.8 Å². The minimum Gasteiger partial charge on any atom is -0.291 e. The van der Waals surface area contributed by atoms with Gasteiger partial charge in [-0.25, -0.2) is 0 Å². The lowest BCUT2D eigenvalue weighted by Crippen LogP contribution is -2.31. The van der Waals surface area contributed by atoms with Crippen LogP contribution in [0.1, 0.15) is 36.9 Å². The summed E-state index contributed by atoms with van der Waals surface area (Å²) in [4.78, 5) is 2.54. The van der Waals surface area contributed by atoms with Gasteiger partial charge in [0, 0.05) is 12.4 Å². The lowest BCUT2D eigenvalue weighted by Gasteiger charge is -2.29. The summed E-state index contributed by atoms with van der Waals surface area (Å²) in [6.07, 6.45) is 2.44. The zero-order valence-electron chi connectivity index (χ0n) is 13.0. The average molecular weight is 336 g/mol. The largest absolute Gasteiger partial charge is 0.291 e. The van der Waals surface area contributed by atoms with E-state index in [9.17, 15) is 0 Å². The van der Waals surface area contributed by atoms with E-state index >= 15 is 0 Å². The minimum atomic E-state index is 0. The number of unbranched alkanes of at least 4 members (excludes halogenated alkanes) is 1. The minimum absolute atomic E-state index is 0. The molecule has 0 atom stereocenters. The van der Waals surface area contributed by atoms with Crippen LogP contribution in [0.5, 0.6) is 0 Å². The Bertz CT molecular complexity index is 566. The van der Waals surface area contributed by atoms with E-state index in [1.165, 1.54) is 35.1 Å². The van der Waals surface area contributed by atoms with Gasteiger partial charge in [-0.15, -0.1) is 24.0 Å². The first kappa shape index (κ1) is 17.3. The number of fused-ring (bicyclic) bond motifs is 3. The Morgan fingerprint density at radius 2 is 1.45 bits per heavy atom. The molecule has 0 spiro atoms. The van der Waals surface area contributed by atoms with Crippen LogP contribution in [-0.2, 0) is 0 Å². The van der Waals surface area contributed by atoms with Crippen molar-refractivity contribution in [2.24, 2.45) is 0 Å². The van der Waals surface area contributed by atoms with Crippen molar-refractivity contribution in [2.75, 3.05) is 19.0 Å². The third-order valence-corrected chi connectivity index (χ3v) is 4.51. The Morgan fingerprint density at radius 1 is 0.909 bits per heavy atom. The van der Waals surface area contributed by atoms with Gasteiger partial charge in [-0.3, -0.25) is 4.90 Å². The molecule has 0 saturated heterocycles. The highest BCUT2D eigenvalue weighted by Crippen LogP contribution is 2.46. The normalized spacial score (nSPS) is 12.9. The molecule has 118 valence electrons. The first-order chi connectivity index (χ1) is 10.4. The zero-order valence-corrected chi connectivity index (χ0v) is 14.5.